The standard InChI is InChI=1S/C15H16N6O/c1-10-9-11(2)21-15(18-10)19-13(20-21)14(22)17-8-6-12-5-3-4-7-16-12/h3-5,7,9H,6,8H2,1-2H3,(H,17,22). The van der Waals surface area contributed by atoms with Gasteiger partial charge in [-0.3, -0.25) is 9.78 Å². The summed E-state index contributed by atoms with van der Waals surface area (Å²) in [6, 6.07) is 7.60. The summed E-state index contributed by atoms with van der Waals surface area (Å²) in [7, 11) is 0. The van der Waals surface area contributed by atoms with Crippen LogP contribution in [0, 0.1) is 13.8 Å². The van der Waals surface area contributed by atoms with Crippen molar-refractivity contribution in [2.45, 2.75) is 20.3 Å². The van der Waals surface area contributed by atoms with E-state index in [0.29, 0.717) is 18.7 Å². The first kappa shape index (κ1) is 14.1. The van der Waals surface area contributed by atoms with E-state index in [9.17, 15) is 4.79 Å². The van der Waals surface area contributed by atoms with E-state index in [1.165, 1.54) is 0 Å². The Morgan fingerprint density at radius 3 is 2.91 bits per heavy atom. The molecule has 0 unspecified atom stereocenters. The molecule has 0 aromatic carbocycles. The van der Waals surface area contributed by atoms with E-state index in [0.717, 1.165) is 17.1 Å². The zero-order valence-corrected chi connectivity index (χ0v) is 12.4. The van der Waals surface area contributed by atoms with Crippen LogP contribution in [0.25, 0.3) is 5.78 Å². The second kappa shape index (κ2) is 5.88. The molecule has 0 saturated carbocycles. The first-order chi connectivity index (χ1) is 10.6. The number of aromatic nitrogens is 5. The maximum absolute atomic E-state index is 12.1. The first-order valence-corrected chi connectivity index (χ1v) is 7.02. The molecule has 0 aliphatic carbocycles. The molecule has 0 spiro atoms. The van der Waals surface area contributed by atoms with Gasteiger partial charge < -0.3 is 5.32 Å². The van der Waals surface area contributed by atoms with Crippen LogP contribution in [-0.2, 0) is 6.42 Å². The average molecular weight is 296 g/mol. The minimum Gasteiger partial charge on any atom is -0.349 e. The summed E-state index contributed by atoms with van der Waals surface area (Å²) >= 11 is 0. The van der Waals surface area contributed by atoms with Crippen molar-refractivity contribution in [3.63, 3.8) is 0 Å². The predicted octanol–water partition coefficient (Wildman–Crippen LogP) is 1.11. The summed E-state index contributed by atoms with van der Waals surface area (Å²) in [5, 5.41) is 6.99. The van der Waals surface area contributed by atoms with E-state index in [-0.39, 0.29) is 11.7 Å². The molecular formula is C15H16N6O. The summed E-state index contributed by atoms with van der Waals surface area (Å²) < 4.78 is 1.57. The monoisotopic (exact) mass is 296 g/mol. The fourth-order valence-electron chi connectivity index (χ4n) is 2.19. The zero-order valence-electron chi connectivity index (χ0n) is 12.4. The highest BCUT2D eigenvalue weighted by Crippen LogP contribution is 2.05. The number of pyridine rings is 1. The second-order valence-corrected chi connectivity index (χ2v) is 5.01. The van der Waals surface area contributed by atoms with E-state index >= 15 is 0 Å². The van der Waals surface area contributed by atoms with Crippen molar-refractivity contribution in [1.29, 1.82) is 0 Å². The second-order valence-electron chi connectivity index (χ2n) is 5.01. The van der Waals surface area contributed by atoms with Gasteiger partial charge in [0, 0.05) is 36.2 Å². The lowest BCUT2D eigenvalue weighted by atomic mass is 10.3. The van der Waals surface area contributed by atoms with Gasteiger partial charge >= 0.3 is 0 Å². The van der Waals surface area contributed by atoms with E-state index in [1.54, 1.807) is 10.7 Å². The summed E-state index contributed by atoms with van der Waals surface area (Å²) in [6.45, 7) is 4.27. The summed E-state index contributed by atoms with van der Waals surface area (Å²) in [4.78, 5) is 24.8. The number of carbonyl (C=O) groups is 1. The minimum absolute atomic E-state index is 0.127. The van der Waals surface area contributed by atoms with Crippen LogP contribution in [0.2, 0.25) is 0 Å². The highest BCUT2D eigenvalue weighted by Gasteiger charge is 2.14. The fourth-order valence-corrected chi connectivity index (χ4v) is 2.19. The third kappa shape index (κ3) is 2.93. The number of nitrogens with zero attached hydrogens (tertiary/aromatic N) is 5. The number of aryl methyl sites for hydroxylation is 2. The highest BCUT2D eigenvalue weighted by atomic mass is 16.2. The van der Waals surface area contributed by atoms with Crippen molar-refractivity contribution in [2.75, 3.05) is 6.54 Å². The molecule has 7 nitrogen and oxygen atoms in total. The van der Waals surface area contributed by atoms with Crippen LogP contribution in [0.4, 0.5) is 0 Å². The van der Waals surface area contributed by atoms with Gasteiger partial charge in [-0.2, -0.15) is 4.98 Å². The van der Waals surface area contributed by atoms with Crippen LogP contribution < -0.4 is 5.32 Å². The molecule has 3 rings (SSSR count). The van der Waals surface area contributed by atoms with Crippen LogP contribution >= 0.6 is 0 Å². The van der Waals surface area contributed by atoms with Crippen molar-refractivity contribution in [2.24, 2.45) is 0 Å². The van der Waals surface area contributed by atoms with Crippen LogP contribution in [0.5, 0.6) is 0 Å². The van der Waals surface area contributed by atoms with Gasteiger partial charge in [0.2, 0.25) is 5.82 Å². The molecule has 0 radical (unpaired) electrons. The Labute approximate surface area is 127 Å². The molecule has 1 N–H and O–H groups in total. The van der Waals surface area contributed by atoms with Gasteiger partial charge in [0.1, 0.15) is 0 Å². The SMILES string of the molecule is Cc1cc(C)n2nc(C(=O)NCCc3ccccn3)nc2n1. The largest absolute Gasteiger partial charge is 0.349 e. The molecule has 0 saturated heterocycles. The fraction of sp³-hybridized carbons (Fsp3) is 0.267. The number of amides is 1. The number of rotatable bonds is 4. The van der Waals surface area contributed by atoms with Crippen LogP contribution in [-0.4, -0.2) is 37.0 Å². The maximum Gasteiger partial charge on any atom is 0.291 e. The molecule has 0 fully saturated rings. The smallest absolute Gasteiger partial charge is 0.291 e. The molecule has 1 amide bonds. The number of nitrogens with one attached hydrogen (secondary N) is 1. The third-order valence-electron chi connectivity index (χ3n) is 3.21. The van der Waals surface area contributed by atoms with Gasteiger partial charge in [0.25, 0.3) is 11.7 Å². The van der Waals surface area contributed by atoms with E-state index < -0.39 is 0 Å². The minimum atomic E-state index is -0.307. The van der Waals surface area contributed by atoms with Crippen molar-refractivity contribution < 1.29 is 4.79 Å². The lowest BCUT2D eigenvalue weighted by molar-refractivity contribution is 0.0944. The van der Waals surface area contributed by atoms with E-state index in [2.05, 4.69) is 25.4 Å². The molecule has 112 valence electrons. The Morgan fingerprint density at radius 2 is 2.14 bits per heavy atom. The van der Waals surface area contributed by atoms with Crippen molar-refractivity contribution in [3.05, 3.63) is 53.4 Å². The predicted molar refractivity (Wildman–Crippen MR) is 80.5 cm³/mol. The number of hydrogen-bond acceptors (Lipinski definition) is 5. The lowest BCUT2D eigenvalue weighted by Gasteiger charge is -2.01. The number of hydrogen-bond donors (Lipinski definition) is 1. The Bertz CT molecular complexity index is 812. The molecule has 0 aliphatic rings. The molecule has 0 bridgehead atoms. The van der Waals surface area contributed by atoms with Crippen molar-refractivity contribution in [3.8, 4) is 0 Å². The lowest BCUT2D eigenvalue weighted by Crippen LogP contribution is -2.27. The first-order valence-electron chi connectivity index (χ1n) is 7.02. The Kier molecular flexibility index (Phi) is 3.78. The van der Waals surface area contributed by atoms with Crippen molar-refractivity contribution >= 4 is 11.7 Å². The Balaban J connectivity index is 1.69. The molecule has 3 heterocycles. The van der Waals surface area contributed by atoms with Gasteiger partial charge in [0.05, 0.1) is 0 Å². The molecule has 3 aromatic rings. The molecule has 0 aliphatic heterocycles. The summed E-state index contributed by atoms with van der Waals surface area (Å²) in [5.74, 6) is 0.257. The molecule has 7 heteroatoms. The van der Waals surface area contributed by atoms with Crippen LogP contribution in [0.3, 0.4) is 0 Å². The number of fused-ring (bicyclic) bond motifs is 1. The normalized spacial score (nSPS) is 10.8. The van der Waals surface area contributed by atoms with E-state index in [1.807, 2.05) is 38.1 Å². The maximum atomic E-state index is 12.1. The van der Waals surface area contributed by atoms with Gasteiger partial charge in [-0.1, -0.05) is 6.07 Å². The summed E-state index contributed by atoms with van der Waals surface area (Å²) in [5.41, 5.74) is 2.67. The molecule has 22 heavy (non-hydrogen) atoms. The molecule has 0 atom stereocenters. The van der Waals surface area contributed by atoms with Gasteiger partial charge in [-0.15, -0.1) is 5.10 Å². The Morgan fingerprint density at radius 1 is 1.27 bits per heavy atom. The van der Waals surface area contributed by atoms with E-state index in [4.69, 9.17) is 0 Å². The average Bonchev–Trinajstić information content (AvgIpc) is 2.92. The number of carbonyl (C=O) groups excluding carboxylic acids is 1. The molecular weight excluding hydrogens is 280 g/mol. The topological polar surface area (TPSA) is 85.1 Å². The summed E-state index contributed by atoms with van der Waals surface area (Å²) in [6.07, 6.45) is 2.40. The van der Waals surface area contributed by atoms with Gasteiger partial charge in [-0.25, -0.2) is 9.50 Å². The third-order valence-corrected chi connectivity index (χ3v) is 3.21. The Hall–Kier alpha value is -2.83. The van der Waals surface area contributed by atoms with Gasteiger partial charge in [-0.05, 0) is 32.0 Å². The van der Waals surface area contributed by atoms with Crippen molar-refractivity contribution in [1.82, 2.24) is 29.9 Å². The van der Waals surface area contributed by atoms with Gasteiger partial charge in [0.15, 0.2) is 0 Å². The quantitative estimate of drug-likeness (QED) is 0.779. The van der Waals surface area contributed by atoms with Crippen LogP contribution in [0.15, 0.2) is 30.5 Å². The highest BCUT2D eigenvalue weighted by molar-refractivity contribution is 5.90. The van der Waals surface area contributed by atoms with Crippen LogP contribution in [0.1, 0.15) is 27.7 Å². The molecule has 3 aromatic heterocycles. The zero-order chi connectivity index (χ0) is 15.5.